The van der Waals surface area contributed by atoms with Crippen molar-refractivity contribution in [1.29, 1.82) is 0 Å². The van der Waals surface area contributed by atoms with Crippen molar-refractivity contribution in [2.24, 2.45) is 0 Å². The fourth-order valence-electron chi connectivity index (χ4n) is 0.677. The number of hydrogen-bond acceptors (Lipinski definition) is 2. The van der Waals surface area contributed by atoms with E-state index < -0.39 is 13.4 Å². The first-order valence-electron chi connectivity index (χ1n) is 4.98. The van der Waals surface area contributed by atoms with Crippen molar-refractivity contribution in [3.8, 4) is 0 Å². The molecule has 0 spiro atoms. The molecule has 17 heavy (non-hydrogen) atoms. The van der Waals surface area contributed by atoms with Crippen LogP contribution in [0.4, 0.5) is 0 Å². The van der Waals surface area contributed by atoms with E-state index in [0.717, 1.165) is 0 Å². The number of rotatable bonds is 4. The van der Waals surface area contributed by atoms with Gasteiger partial charge in [-0.2, -0.15) is 0 Å². The monoisotopic (exact) mass is 378 g/mol. The molecule has 0 saturated heterocycles. The van der Waals surface area contributed by atoms with Crippen LogP contribution in [0.3, 0.4) is 0 Å². The fraction of sp³-hybridized carbons (Fsp3) is 1.00. The maximum Gasteiger partial charge on any atom is 0.319 e. The first-order chi connectivity index (χ1) is 7.41. The maximum absolute atomic E-state index is 7.56. The zero-order valence-corrected chi connectivity index (χ0v) is 16.3. The van der Waals surface area contributed by atoms with Crippen molar-refractivity contribution in [3.63, 3.8) is 0 Å². The molecule has 0 rings (SSSR count). The fourth-order valence-corrected chi connectivity index (χ4v) is 3.52. The zero-order valence-electron chi connectivity index (χ0n) is 9.93. The van der Waals surface area contributed by atoms with Gasteiger partial charge in [-0.15, -0.1) is 0 Å². The molecule has 0 saturated carbocycles. The second-order valence-corrected chi connectivity index (χ2v) is 12.5. The molecular weight excluding hydrogens is 360 g/mol. The Kier molecular flexibility index (Phi) is 19.7. The summed E-state index contributed by atoms with van der Waals surface area (Å²) in [5, 5.41) is 3.22. The summed E-state index contributed by atoms with van der Waals surface area (Å²) in [5.74, 6) is 0. The van der Waals surface area contributed by atoms with Gasteiger partial charge in [0.2, 0.25) is 0 Å². The molecule has 0 aromatic rings. The summed E-state index contributed by atoms with van der Waals surface area (Å²) >= 11 is 7.26. The van der Waals surface area contributed by atoms with Crippen LogP contribution in [-0.2, 0) is 40.7 Å². The van der Waals surface area contributed by atoms with E-state index >= 15 is 0 Å². The van der Waals surface area contributed by atoms with Gasteiger partial charge in [-0.3, -0.25) is 0 Å². The molecule has 0 unspecified atom stereocenters. The van der Waals surface area contributed by atoms with Gasteiger partial charge in [0.1, 0.15) is 0 Å². The summed E-state index contributed by atoms with van der Waals surface area (Å²) in [6, 6.07) is 0. The van der Waals surface area contributed by atoms with E-state index in [-0.39, 0.29) is 17.1 Å². The van der Waals surface area contributed by atoms with Gasteiger partial charge in [-0.05, 0) is 23.6 Å². The minimum Gasteiger partial charge on any atom is -0.325 e. The van der Waals surface area contributed by atoms with Crippen molar-refractivity contribution in [2.45, 2.75) is 36.7 Å². The molecule has 0 bridgehead atoms. The second kappa shape index (κ2) is 14.1. The molecule has 0 aliphatic rings. The molecule has 104 valence electrons. The van der Waals surface area contributed by atoms with E-state index in [1.165, 1.54) is 12.8 Å². The topological polar surface area (TPSA) is 121 Å². The molecule has 0 heterocycles. The van der Waals surface area contributed by atoms with Crippen LogP contribution < -0.4 is 0 Å². The average molecular weight is 380 g/mol. The van der Waals surface area contributed by atoms with Crippen LogP contribution in [0.25, 0.3) is 0 Å². The van der Waals surface area contributed by atoms with Gasteiger partial charge < -0.3 is 29.4 Å². The first kappa shape index (κ1) is 23.8. The molecule has 0 amide bonds. The number of hydrogen-bond donors (Lipinski definition) is 6. The van der Waals surface area contributed by atoms with Crippen molar-refractivity contribution < 1.29 is 46.5 Å². The van der Waals surface area contributed by atoms with Crippen LogP contribution in [-0.4, -0.2) is 29.4 Å². The molecule has 0 atom stereocenters. The van der Waals surface area contributed by atoms with E-state index in [2.05, 4.69) is 37.5 Å². The van der Waals surface area contributed by atoms with Gasteiger partial charge in [0.05, 0.1) is 0 Å². The third kappa shape index (κ3) is 135. The van der Waals surface area contributed by atoms with Gasteiger partial charge in [-0.25, -0.2) is 0 Å². The molecule has 0 fully saturated rings. The summed E-state index contributed by atoms with van der Waals surface area (Å²) in [7, 11) is 0. The normalized spacial score (nSPS) is 10.4. The van der Waals surface area contributed by atoms with E-state index in [0.29, 0.717) is 0 Å². The molecule has 0 aliphatic heterocycles. The Morgan fingerprint density at radius 2 is 0.941 bits per heavy atom. The Bertz CT molecular complexity index is 202. The minimum absolute atomic E-state index is 0.0521. The maximum atomic E-state index is 7.56. The summed E-state index contributed by atoms with van der Waals surface area (Å²) in [6.07, 6.45) is 2.89. The molecular formula is C6H20O6P2S2Zn. The predicted molar refractivity (Wildman–Crippen MR) is 72.1 cm³/mol. The quantitative estimate of drug-likeness (QED) is 0.244. The van der Waals surface area contributed by atoms with Gasteiger partial charge in [0.15, 0.2) is 0 Å². The van der Waals surface area contributed by atoms with Crippen molar-refractivity contribution in [2.75, 3.05) is 0 Å². The molecule has 0 aliphatic carbocycles. The third-order valence-electron chi connectivity index (χ3n) is 1.21. The second-order valence-electron chi connectivity index (χ2n) is 3.09. The first-order valence-corrected chi connectivity index (χ1v) is 14.5. The van der Waals surface area contributed by atoms with Crippen LogP contribution in [0, 0.1) is 0 Å². The van der Waals surface area contributed by atoms with Crippen LogP contribution in [0.2, 0.25) is 10.0 Å². The van der Waals surface area contributed by atoms with Gasteiger partial charge in [-0.1, -0.05) is 0 Å². The zero-order chi connectivity index (χ0) is 14.5. The van der Waals surface area contributed by atoms with Crippen molar-refractivity contribution in [3.05, 3.63) is 0 Å². The van der Waals surface area contributed by atoms with E-state index in [9.17, 15) is 0 Å². The van der Waals surface area contributed by atoms with E-state index in [4.69, 9.17) is 29.4 Å². The Morgan fingerprint density at radius 3 is 1.06 bits per heavy atom. The molecule has 0 aromatic heterocycles. The SMILES string of the molecule is CC[CH2][Zn][CH2]CC.OP(O)(O)=S.OP(O)(O)=S. The smallest absolute Gasteiger partial charge is 0.319 e. The van der Waals surface area contributed by atoms with Crippen LogP contribution in [0.1, 0.15) is 26.7 Å². The standard InChI is InChI=1S/2C3H7.2H3O3PS.Zn/c2*1-3-2;2*1-4(2,3)5;/h2*1,3H2,2H3;2*(H3,1,2,3,5);. The Labute approximate surface area is 120 Å². The van der Waals surface area contributed by atoms with E-state index in [1.54, 1.807) is 10.0 Å². The summed E-state index contributed by atoms with van der Waals surface area (Å²) in [4.78, 5) is 45.3. The largest absolute Gasteiger partial charge is 0.325 e. The van der Waals surface area contributed by atoms with Gasteiger partial charge >= 0.3 is 67.3 Å². The van der Waals surface area contributed by atoms with Gasteiger partial charge in [0, 0.05) is 0 Å². The summed E-state index contributed by atoms with van der Waals surface area (Å²) in [5.41, 5.74) is 0. The molecule has 6 N–H and O–H groups in total. The summed E-state index contributed by atoms with van der Waals surface area (Å²) < 4.78 is 0. The van der Waals surface area contributed by atoms with Gasteiger partial charge in [0.25, 0.3) is 0 Å². The van der Waals surface area contributed by atoms with E-state index in [1.807, 2.05) is 0 Å². The molecule has 0 aromatic carbocycles. The minimum atomic E-state index is -3.81. The predicted octanol–water partition coefficient (Wildman–Crippen LogP) is 1.10. The molecule has 6 nitrogen and oxygen atoms in total. The third-order valence-corrected chi connectivity index (χ3v) is 6.27. The van der Waals surface area contributed by atoms with Crippen LogP contribution in [0.15, 0.2) is 0 Å². The molecule has 0 radical (unpaired) electrons. The Balaban J connectivity index is -0.000000177. The average Bonchev–Trinajstić information content (AvgIpc) is 1.99. The summed E-state index contributed by atoms with van der Waals surface area (Å²) in [6.45, 7) is -3.03. The van der Waals surface area contributed by atoms with Crippen LogP contribution >= 0.6 is 13.4 Å². The molecule has 11 heteroatoms. The Hall–Kier alpha value is 1.68. The van der Waals surface area contributed by atoms with Crippen molar-refractivity contribution >= 4 is 37.1 Å². The van der Waals surface area contributed by atoms with Crippen molar-refractivity contribution in [1.82, 2.24) is 0 Å². The Morgan fingerprint density at radius 1 is 0.765 bits per heavy atom. The van der Waals surface area contributed by atoms with Crippen LogP contribution in [0.5, 0.6) is 0 Å².